The van der Waals surface area contributed by atoms with Gasteiger partial charge in [-0.25, -0.2) is 9.50 Å². The number of alkyl halides is 1. The molecule has 0 bridgehead atoms. The van der Waals surface area contributed by atoms with Crippen molar-refractivity contribution in [3.05, 3.63) is 35.3 Å². The third kappa shape index (κ3) is 2.85. The van der Waals surface area contributed by atoms with Crippen LogP contribution in [0.2, 0.25) is 0 Å². The van der Waals surface area contributed by atoms with Crippen LogP contribution in [-0.4, -0.2) is 33.6 Å². The summed E-state index contributed by atoms with van der Waals surface area (Å²) in [5.41, 5.74) is 1.56. The van der Waals surface area contributed by atoms with Crippen LogP contribution in [0.4, 0.5) is 10.2 Å². The van der Waals surface area contributed by atoms with Gasteiger partial charge in [-0.1, -0.05) is 0 Å². The van der Waals surface area contributed by atoms with Gasteiger partial charge in [0.2, 0.25) is 0 Å². The van der Waals surface area contributed by atoms with Gasteiger partial charge < -0.3 is 5.32 Å². The van der Waals surface area contributed by atoms with E-state index in [0.717, 1.165) is 16.2 Å². The zero-order valence-electron chi connectivity index (χ0n) is 12.0. The van der Waals surface area contributed by atoms with Crippen molar-refractivity contribution < 1.29 is 9.18 Å². The van der Waals surface area contributed by atoms with Crippen molar-refractivity contribution in [1.82, 2.24) is 14.6 Å². The summed E-state index contributed by atoms with van der Waals surface area (Å²) in [6, 6.07) is 7.38. The molecule has 3 rings (SSSR count). The van der Waals surface area contributed by atoms with Crippen molar-refractivity contribution >= 4 is 28.6 Å². The Balaban J connectivity index is 1.95. The number of nitrogens with zero attached hydrogens (tertiary/aromatic N) is 3. The molecule has 0 aliphatic heterocycles. The third-order valence-electron chi connectivity index (χ3n) is 3.18. The van der Waals surface area contributed by atoms with Crippen molar-refractivity contribution in [2.45, 2.75) is 13.3 Å². The molecule has 1 N–H and O–H groups in total. The van der Waals surface area contributed by atoms with Crippen molar-refractivity contribution in [1.29, 1.82) is 0 Å². The number of carbonyl (C=O) groups is 1. The van der Waals surface area contributed by atoms with Gasteiger partial charge in [-0.05, 0) is 37.6 Å². The summed E-state index contributed by atoms with van der Waals surface area (Å²) >= 11 is 1.42. The summed E-state index contributed by atoms with van der Waals surface area (Å²) in [4.78, 5) is 17.4. The predicted molar refractivity (Wildman–Crippen MR) is 85.4 cm³/mol. The van der Waals surface area contributed by atoms with E-state index in [2.05, 4.69) is 15.4 Å². The minimum absolute atomic E-state index is 0.0478. The monoisotopic (exact) mass is 318 g/mol. The Morgan fingerprint density at radius 3 is 2.95 bits per heavy atom. The number of fused-ring (bicyclic) bond motifs is 1. The molecule has 22 heavy (non-hydrogen) atoms. The van der Waals surface area contributed by atoms with Crippen molar-refractivity contribution in [3.63, 3.8) is 0 Å². The van der Waals surface area contributed by atoms with E-state index >= 15 is 0 Å². The highest BCUT2D eigenvalue weighted by molar-refractivity contribution is 7.17. The number of aromatic nitrogens is 3. The van der Waals surface area contributed by atoms with Crippen LogP contribution in [0.25, 0.3) is 16.2 Å². The van der Waals surface area contributed by atoms with Gasteiger partial charge in [-0.15, -0.1) is 16.4 Å². The molecule has 7 heteroatoms. The maximum absolute atomic E-state index is 12.2. The van der Waals surface area contributed by atoms with Crippen LogP contribution in [0.3, 0.4) is 0 Å². The van der Waals surface area contributed by atoms with Crippen LogP contribution in [0.5, 0.6) is 0 Å². The highest BCUT2D eigenvalue weighted by Crippen LogP contribution is 2.28. The first-order valence-electron chi connectivity index (χ1n) is 6.95. The van der Waals surface area contributed by atoms with Gasteiger partial charge in [0.15, 0.2) is 11.4 Å². The fraction of sp³-hybridized carbons (Fsp3) is 0.267. The molecule has 0 aliphatic rings. The van der Waals surface area contributed by atoms with Crippen LogP contribution in [0, 0.1) is 0 Å². The Hall–Kier alpha value is -2.28. The van der Waals surface area contributed by atoms with Crippen molar-refractivity contribution in [2.75, 3.05) is 18.5 Å². The number of nitrogens with one attached hydrogen (secondary N) is 1. The van der Waals surface area contributed by atoms with E-state index in [4.69, 9.17) is 0 Å². The number of halogens is 1. The fourth-order valence-corrected chi connectivity index (χ4v) is 2.98. The minimum atomic E-state index is -0.353. The number of imidazole rings is 1. The number of thiophene rings is 1. The van der Waals surface area contributed by atoms with Gasteiger partial charge in [-0.2, -0.15) is 0 Å². The summed E-state index contributed by atoms with van der Waals surface area (Å²) in [7, 11) is 0. The van der Waals surface area contributed by atoms with Crippen LogP contribution in [0.15, 0.2) is 30.5 Å². The smallest absolute Gasteiger partial charge is 0.169 e. The Morgan fingerprint density at radius 2 is 2.23 bits per heavy atom. The predicted octanol–water partition coefficient (Wildman–Crippen LogP) is 3.43. The second-order valence-electron chi connectivity index (χ2n) is 4.82. The van der Waals surface area contributed by atoms with E-state index in [1.165, 1.54) is 11.3 Å². The lowest BCUT2D eigenvalue weighted by Gasteiger charge is -2.05. The highest BCUT2D eigenvalue weighted by atomic mass is 32.1. The second kappa shape index (κ2) is 6.23. The number of carbonyl (C=O) groups excluding carboxylic acids is 1. The molecule has 0 saturated carbocycles. The van der Waals surface area contributed by atoms with Gasteiger partial charge >= 0.3 is 0 Å². The molecule has 3 aromatic rings. The molecule has 0 aliphatic carbocycles. The molecule has 5 nitrogen and oxygen atoms in total. The summed E-state index contributed by atoms with van der Waals surface area (Å²) in [5.74, 6) is 0.718. The lowest BCUT2D eigenvalue weighted by atomic mass is 10.3. The summed E-state index contributed by atoms with van der Waals surface area (Å²) in [6.07, 6.45) is 2.19. The quantitative estimate of drug-likeness (QED) is 0.559. The SMILES string of the molecule is CC(=O)c1ccc(-c2cnc3ccc(NCCCF)nn23)s1. The molecule has 3 aromatic heterocycles. The molecule has 0 amide bonds. The number of rotatable bonds is 6. The molecule has 0 aromatic carbocycles. The van der Waals surface area contributed by atoms with E-state index in [-0.39, 0.29) is 12.5 Å². The molecule has 3 heterocycles. The first-order chi connectivity index (χ1) is 10.7. The fourth-order valence-electron chi connectivity index (χ4n) is 2.08. The molecular formula is C15H15FN4OS. The molecule has 0 spiro atoms. The highest BCUT2D eigenvalue weighted by Gasteiger charge is 2.12. The lowest BCUT2D eigenvalue weighted by Crippen LogP contribution is -2.06. The molecule has 0 fully saturated rings. The normalized spacial score (nSPS) is 11.0. The summed E-state index contributed by atoms with van der Waals surface area (Å²) in [6.45, 7) is 1.73. The van der Waals surface area contributed by atoms with E-state index in [9.17, 15) is 9.18 Å². The lowest BCUT2D eigenvalue weighted by molar-refractivity contribution is 0.102. The maximum atomic E-state index is 12.2. The number of hydrogen-bond acceptors (Lipinski definition) is 5. The van der Waals surface area contributed by atoms with Gasteiger partial charge in [0, 0.05) is 6.54 Å². The molecule has 0 radical (unpaired) electrons. The average Bonchev–Trinajstić information content (AvgIpc) is 3.13. The Bertz CT molecular complexity index is 811. The standard InChI is InChI=1S/C15H15FN4OS/c1-10(21)12-3-4-13(22-12)11-9-18-15-6-5-14(19-20(11)15)17-8-2-7-16/h3-6,9H,2,7-8H2,1H3,(H,17,19). The molecule has 0 saturated heterocycles. The van der Waals surface area contributed by atoms with E-state index in [1.807, 2.05) is 24.3 Å². The zero-order valence-corrected chi connectivity index (χ0v) is 12.9. The molecule has 0 unspecified atom stereocenters. The third-order valence-corrected chi connectivity index (χ3v) is 4.39. The average molecular weight is 318 g/mol. The van der Waals surface area contributed by atoms with Crippen LogP contribution in [0.1, 0.15) is 23.0 Å². The maximum Gasteiger partial charge on any atom is 0.169 e. The van der Waals surface area contributed by atoms with Gasteiger partial charge in [0.1, 0.15) is 11.5 Å². The molecule has 114 valence electrons. The van der Waals surface area contributed by atoms with E-state index < -0.39 is 0 Å². The minimum Gasteiger partial charge on any atom is -0.369 e. The molecular weight excluding hydrogens is 303 g/mol. The zero-order chi connectivity index (χ0) is 15.5. The summed E-state index contributed by atoms with van der Waals surface area (Å²) in [5, 5.41) is 7.56. The number of Topliss-reactive ketones (excluding diaryl/α,β-unsaturated/α-hetero) is 1. The first-order valence-corrected chi connectivity index (χ1v) is 7.76. The van der Waals surface area contributed by atoms with Crippen molar-refractivity contribution in [3.8, 4) is 10.6 Å². The van der Waals surface area contributed by atoms with Gasteiger partial charge in [0.05, 0.1) is 22.6 Å². The Labute approximate surface area is 130 Å². The largest absolute Gasteiger partial charge is 0.369 e. The Kier molecular flexibility index (Phi) is 4.15. The topological polar surface area (TPSA) is 59.3 Å². The van der Waals surface area contributed by atoms with Gasteiger partial charge in [-0.3, -0.25) is 9.18 Å². The first kappa shape index (κ1) is 14.6. The second-order valence-corrected chi connectivity index (χ2v) is 5.91. The number of hydrogen-bond donors (Lipinski definition) is 1. The molecule has 0 atom stereocenters. The van der Waals surface area contributed by atoms with Crippen molar-refractivity contribution in [2.24, 2.45) is 0 Å². The number of ketones is 1. The van der Waals surface area contributed by atoms with E-state index in [0.29, 0.717) is 23.7 Å². The van der Waals surface area contributed by atoms with E-state index in [1.54, 1.807) is 17.6 Å². The van der Waals surface area contributed by atoms with Crippen LogP contribution < -0.4 is 5.32 Å². The summed E-state index contributed by atoms with van der Waals surface area (Å²) < 4.78 is 13.9. The Morgan fingerprint density at radius 1 is 1.36 bits per heavy atom. The van der Waals surface area contributed by atoms with Crippen LogP contribution >= 0.6 is 11.3 Å². The van der Waals surface area contributed by atoms with Gasteiger partial charge in [0.25, 0.3) is 0 Å². The van der Waals surface area contributed by atoms with Crippen LogP contribution in [-0.2, 0) is 0 Å². The number of anilines is 1.